The van der Waals surface area contributed by atoms with Gasteiger partial charge in [0, 0.05) is 17.6 Å². The molecule has 0 unspecified atom stereocenters. The monoisotopic (exact) mass is 254 g/mol. The Morgan fingerprint density at radius 1 is 1.16 bits per heavy atom. The Labute approximate surface area is 113 Å². The maximum absolute atomic E-state index is 12.1. The zero-order valence-corrected chi connectivity index (χ0v) is 11.5. The third-order valence-electron chi connectivity index (χ3n) is 3.00. The molecule has 0 aliphatic rings. The van der Waals surface area contributed by atoms with Crippen LogP contribution in [-0.2, 0) is 0 Å². The second kappa shape index (κ2) is 5.65. The van der Waals surface area contributed by atoms with Crippen molar-refractivity contribution in [1.82, 2.24) is 4.98 Å². The minimum absolute atomic E-state index is 0.124. The van der Waals surface area contributed by atoms with E-state index in [0.717, 1.165) is 16.9 Å². The van der Waals surface area contributed by atoms with Gasteiger partial charge < -0.3 is 5.32 Å². The maximum atomic E-state index is 12.1. The van der Waals surface area contributed by atoms with Crippen LogP contribution in [0.4, 0.5) is 5.69 Å². The molecule has 0 aliphatic carbocycles. The second-order valence-electron chi connectivity index (χ2n) is 4.88. The molecule has 1 aromatic carbocycles. The molecule has 3 nitrogen and oxygen atoms in total. The van der Waals surface area contributed by atoms with Gasteiger partial charge in [0.1, 0.15) is 0 Å². The number of hydrogen-bond acceptors (Lipinski definition) is 2. The zero-order chi connectivity index (χ0) is 13.8. The summed E-state index contributed by atoms with van der Waals surface area (Å²) in [6.45, 7) is 6.12. The van der Waals surface area contributed by atoms with E-state index >= 15 is 0 Å². The second-order valence-corrected chi connectivity index (χ2v) is 4.88. The number of pyridine rings is 1. The molecule has 19 heavy (non-hydrogen) atoms. The lowest BCUT2D eigenvalue weighted by atomic mass is 10.0. The number of carbonyl (C=O) groups is 1. The number of amides is 1. The molecule has 0 spiro atoms. The normalized spacial score (nSPS) is 10.5. The number of carbonyl (C=O) groups excluding carboxylic acids is 1. The summed E-state index contributed by atoms with van der Waals surface area (Å²) < 4.78 is 0. The number of hydrogen-bond donors (Lipinski definition) is 1. The molecule has 1 amide bonds. The molecule has 2 aromatic rings. The summed E-state index contributed by atoms with van der Waals surface area (Å²) >= 11 is 0. The van der Waals surface area contributed by atoms with Crippen LogP contribution in [0.25, 0.3) is 0 Å². The number of aromatic nitrogens is 1. The van der Waals surface area contributed by atoms with Crippen molar-refractivity contribution in [2.24, 2.45) is 0 Å². The van der Waals surface area contributed by atoms with E-state index in [4.69, 9.17) is 0 Å². The minimum Gasteiger partial charge on any atom is -0.322 e. The Morgan fingerprint density at radius 2 is 1.89 bits per heavy atom. The van der Waals surface area contributed by atoms with Gasteiger partial charge in [0.05, 0.1) is 5.56 Å². The lowest BCUT2D eigenvalue weighted by Gasteiger charge is -2.13. The lowest BCUT2D eigenvalue weighted by molar-refractivity contribution is 0.102. The van der Waals surface area contributed by atoms with Crippen molar-refractivity contribution in [2.75, 3.05) is 5.32 Å². The van der Waals surface area contributed by atoms with Crippen LogP contribution in [0.1, 0.15) is 41.4 Å². The van der Waals surface area contributed by atoms with Crippen LogP contribution in [0.2, 0.25) is 0 Å². The van der Waals surface area contributed by atoms with Gasteiger partial charge >= 0.3 is 0 Å². The summed E-state index contributed by atoms with van der Waals surface area (Å²) in [7, 11) is 0. The van der Waals surface area contributed by atoms with E-state index in [2.05, 4.69) is 24.1 Å². The number of rotatable bonds is 3. The molecule has 3 heteroatoms. The highest BCUT2D eigenvalue weighted by molar-refractivity contribution is 6.04. The van der Waals surface area contributed by atoms with Gasteiger partial charge in [-0.25, -0.2) is 0 Å². The predicted octanol–water partition coefficient (Wildman–Crippen LogP) is 3.77. The Balaban J connectivity index is 2.22. The first-order valence-corrected chi connectivity index (χ1v) is 6.41. The first kappa shape index (κ1) is 13.3. The highest BCUT2D eigenvalue weighted by Gasteiger charge is 2.10. The fraction of sp³-hybridized carbons (Fsp3) is 0.250. The van der Waals surface area contributed by atoms with Gasteiger partial charge in [-0.05, 0) is 36.6 Å². The summed E-state index contributed by atoms with van der Waals surface area (Å²) in [5, 5.41) is 2.95. The van der Waals surface area contributed by atoms with Gasteiger partial charge in [-0.3, -0.25) is 9.78 Å². The highest BCUT2D eigenvalue weighted by atomic mass is 16.1. The third-order valence-corrected chi connectivity index (χ3v) is 3.00. The zero-order valence-electron chi connectivity index (χ0n) is 11.5. The third kappa shape index (κ3) is 3.19. The number of benzene rings is 1. The van der Waals surface area contributed by atoms with Gasteiger partial charge in [0.2, 0.25) is 0 Å². The van der Waals surface area contributed by atoms with Crippen LogP contribution >= 0.6 is 0 Å². The van der Waals surface area contributed by atoms with Crippen molar-refractivity contribution >= 4 is 11.6 Å². The van der Waals surface area contributed by atoms with Crippen LogP contribution in [0.15, 0.2) is 42.6 Å². The van der Waals surface area contributed by atoms with Crippen molar-refractivity contribution in [3.63, 3.8) is 0 Å². The maximum Gasteiger partial charge on any atom is 0.257 e. The largest absolute Gasteiger partial charge is 0.322 e. The standard InChI is InChI=1S/C16H18N2O/c1-11(2)14-6-4-5-7-15(14)18-16(19)13-9-8-12(3)17-10-13/h4-11H,1-3H3,(H,18,19). The predicted molar refractivity (Wildman–Crippen MR) is 77.5 cm³/mol. The number of aryl methyl sites for hydroxylation is 1. The van der Waals surface area contributed by atoms with Crippen molar-refractivity contribution in [3.8, 4) is 0 Å². The molecule has 0 bridgehead atoms. The van der Waals surface area contributed by atoms with Crippen LogP contribution in [-0.4, -0.2) is 10.9 Å². The molecule has 0 saturated carbocycles. The van der Waals surface area contributed by atoms with Crippen LogP contribution in [0.5, 0.6) is 0 Å². The highest BCUT2D eigenvalue weighted by Crippen LogP contribution is 2.24. The first-order chi connectivity index (χ1) is 9.08. The molecule has 1 heterocycles. The average molecular weight is 254 g/mol. The quantitative estimate of drug-likeness (QED) is 0.906. The van der Waals surface area contributed by atoms with E-state index < -0.39 is 0 Å². The molecule has 1 aromatic heterocycles. The van der Waals surface area contributed by atoms with E-state index in [1.165, 1.54) is 0 Å². The summed E-state index contributed by atoms with van der Waals surface area (Å²) in [4.78, 5) is 16.3. The Morgan fingerprint density at radius 3 is 2.53 bits per heavy atom. The van der Waals surface area contributed by atoms with E-state index in [9.17, 15) is 4.79 Å². The molecule has 0 fully saturated rings. The fourth-order valence-corrected chi connectivity index (χ4v) is 1.91. The van der Waals surface area contributed by atoms with Gasteiger partial charge in [0.15, 0.2) is 0 Å². The average Bonchev–Trinajstić information content (AvgIpc) is 2.39. The number of para-hydroxylation sites is 1. The number of nitrogens with zero attached hydrogens (tertiary/aromatic N) is 1. The Bertz CT molecular complexity index is 574. The van der Waals surface area contributed by atoms with Crippen LogP contribution in [0, 0.1) is 6.92 Å². The smallest absolute Gasteiger partial charge is 0.257 e. The SMILES string of the molecule is Cc1ccc(C(=O)Nc2ccccc2C(C)C)cn1. The topological polar surface area (TPSA) is 42.0 Å². The van der Waals surface area contributed by atoms with Crippen LogP contribution in [0.3, 0.4) is 0 Å². The van der Waals surface area contributed by atoms with Crippen molar-refractivity contribution in [3.05, 3.63) is 59.4 Å². The molecule has 0 aliphatic heterocycles. The molecule has 98 valence electrons. The molecule has 1 N–H and O–H groups in total. The van der Waals surface area contributed by atoms with Crippen molar-refractivity contribution in [2.45, 2.75) is 26.7 Å². The fourth-order valence-electron chi connectivity index (χ4n) is 1.91. The Hall–Kier alpha value is -2.16. The van der Waals surface area contributed by atoms with Gasteiger partial charge in [-0.15, -0.1) is 0 Å². The van der Waals surface area contributed by atoms with Crippen LogP contribution < -0.4 is 5.32 Å². The van der Waals surface area contributed by atoms with Gasteiger partial charge in [-0.2, -0.15) is 0 Å². The van der Waals surface area contributed by atoms with Gasteiger partial charge in [-0.1, -0.05) is 32.0 Å². The number of anilines is 1. The van der Waals surface area contributed by atoms with E-state index in [0.29, 0.717) is 11.5 Å². The summed E-state index contributed by atoms with van der Waals surface area (Å²) in [6.07, 6.45) is 1.60. The molecular formula is C16H18N2O. The first-order valence-electron chi connectivity index (χ1n) is 6.41. The molecule has 0 atom stereocenters. The molecule has 0 saturated heterocycles. The Kier molecular flexibility index (Phi) is 3.95. The molecule has 0 radical (unpaired) electrons. The van der Waals surface area contributed by atoms with Gasteiger partial charge in [0.25, 0.3) is 5.91 Å². The number of nitrogens with one attached hydrogen (secondary N) is 1. The van der Waals surface area contributed by atoms with E-state index in [1.54, 1.807) is 12.3 Å². The van der Waals surface area contributed by atoms with E-state index in [1.807, 2.05) is 37.3 Å². The lowest BCUT2D eigenvalue weighted by Crippen LogP contribution is -2.14. The molecular weight excluding hydrogens is 236 g/mol. The summed E-state index contributed by atoms with van der Waals surface area (Å²) in [5.74, 6) is 0.244. The molecule has 2 rings (SSSR count). The van der Waals surface area contributed by atoms with Crippen molar-refractivity contribution < 1.29 is 4.79 Å². The van der Waals surface area contributed by atoms with E-state index in [-0.39, 0.29) is 5.91 Å². The summed E-state index contributed by atoms with van der Waals surface area (Å²) in [6, 6.07) is 11.5. The van der Waals surface area contributed by atoms with Crippen molar-refractivity contribution in [1.29, 1.82) is 0 Å². The minimum atomic E-state index is -0.124. The summed E-state index contributed by atoms with van der Waals surface area (Å²) in [5.41, 5.74) is 3.47.